The largest absolute Gasteiger partial charge is 0.490 e. The zero-order valence-electron chi connectivity index (χ0n) is 12.4. The molecule has 4 heteroatoms. The van der Waals surface area contributed by atoms with Crippen LogP contribution < -0.4 is 14.8 Å². The summed E-state index contributed by atoms with van der Waals surface area (Å²) in [7, 11) is 1.79. The summed E-state index contributed by atoms with van der Waals surface area (Å²) in [4.78, 5) is 0. The Labute approximate surface area is 121 Å². The molecule has 0 aromatic heterocycles. The van der Waals surface area contributed by atoms with Gasteiger partial charge in [-0.05, 0) is 38.3 Å². The summed E-state index contributed by atoms with van der Waals surface area (Å²) in [5.74, 6) is 1.63. The van der Waals surface area contributed by atoms with Crippen molar-refractivity contribution in [3.05, 3.63) is 24.3 Å². The Morgan fingerprint density at radius 1 is 1.15 bits per heavy atom. The molecule has 4 nitrogen and oxygen atoms in total. The number of nitrogens with one attached hydrogen (secondary N) is 1. The van der Waals surface area contributed by atoms with Crippen molar-refractivity contribution in [1.29, 1.82) is 0 Å². The summed E-state index contributed by atoms with van der Waals surface area (Å²) < 4.78 is 16.7. The molecule has 1 fully saturated rings. The third kappa shape index (κ3) is 4.39. The van der Waals surface area contributed by atoms with Crippen LogP contribution in [-0.4, -0.2) is 39.0 Å². The van der Waals surface area contributed by atoms with Gasteiger partial charge in [0.15, 0.2) is 11.5 Å². The average Bonchev–Trinajstić information content (AvgIpc) is 2.93. The van der Waals surface area contributed by atoms with E-state index in [1.165, 1.54) is 6.42 Å². The molecule has 1 saturated carbocycles. The third-order valence-corrected chi connectivity index (χ3v) is 3.66. The van der Waals surface area contributed by atoms with Gasteiger partial charge in [-0.25, -0.2) is 0 Å². The lowest BCUT2D eigenvalue weighted by Crippen LogP contribution is -2.31. The standard InChI is InChI=1S/C16H25NO3/c1-3-19-15-6-4-5-7-16(15)20-11-10-17-13-8-9-14(12-13)18-2/h4-7,13-14,17H,3,8-12H2,1-2H3. The van der Waals surface area contributed by atoms with E-state index in [2.05, 4.69) is 5.32 Å². The summed E-state index contributed by atoms with van der Waals surface area (Å²) in [6, 6.07) is 8.37. The van der Waals surface area contributed by atoms with Crippen LogP contribution in [0.15, 0.2) is 24.3 Å². The first-order valence-electron chi connectivity index (χ1n) is 7.44. The summed E-state index contributed by atoms with van der Waals surface area (Å²) in [5.41, 5.74) is 0. The average molecular weight is 279 g/mol. The maximum absolute atomic E-state index is 5.78. The van der Waals surface area contributed by atoms with Crippen molar-refractivity contribution >= 4 is 0 Å². The number of methoxy groups -OCH3 is 1. The van der Waals surface area contributed by atoms with E-state index in [1.807, 2.05) is 31.2 Å². The van der Waals surface area contributed by atoms with Gasteiger partial charge in [0.2, 0.25) is 0 Å². The highest BCUT2D eigenvalue weighted by molar-refractivity contribution is 5.39. The van der Waals surface area contributed by atoms with E-state index in [9.17, 15) is 0 Å². The molecule has 2 unspecified atom stereocenters. The van der Waals surface area contributed by atoms with Gasteiger partial charge in [-0.1, -0.05) is 12.1 Å². The fourth-order valence-electron chi connectivity index (χ4n) is 2.61. The van der Waals surface area contributed by atoms with Gasteiger partial charge in [0.05, 0.1) is 12.7 Å². The van der Waals surface area contributed by atoms with Gasteiger partial charge in [0.25, 0.3) is 0 Å². The predicted molar refractivity (Wildman–Crippen MR) is 79.5 cm³/mol. The van der Waals surface area contributed by atoms with E-state index < -0.39 is 0 Å². The smallest absolute Gasteiger partial charge is 0.161 e. The van der Waals surface area contributed by atoms with E-state index >= 15 is 0 Å². The number of rotatable bonds is 8. The number of para-hydroxylation sites is 2. The minimum absolute atomic E-state index is 0.423. The fourth-order valence-corrected chi connectivity index (χ4v) is 2.61. The Kier molecular flexibility index (Phi) is 6.15. The van der Waals surface area contributed by atoms with E-state index in [0.717, 1.165) is 30.9 Å². The van der Waals surface area contributed by atoms with Crippen molar-refractivity contribution in [2.45, 2.75) is 38.3 Å². The molecule has 112 valence electrons. The van der Waals surface area contributed by atoms with Crippen LogP contribution in [0.1, 0.15) is 26.2 Å². The van der Waals surface area contributed by atoms with Crippen LogP contribution in [0.25, 0.3) is 0 Å². The lowest BCUT2D eigenvalue weighted by Gasteiger charge is -2.15. The first kappa shape index (κ1) is 15.1. The second-order valence-corrected chi connectivity index (χ2v) is 5.05. The van der Waals surface area contributed by atoms with E-state index in [-0.39, 0.29) is 0 Å². The molecule has 1 aromatic rings. The first-order chi connectivity index (χ1) is 9.83. The van der Waals surface area contributed by atoms with Gasteiger partial charge in [0.1, 0.15) is 6.61 Å². The van der Waals surface area contributed by atoms with Crippen LogP contribution in [0.3, 0.4) is 0 Å². The van der Waals surface area contributed by atoms with Crippen molar-refractivity contribution in [3.8, 4) is 11.5 Å². The number of hydrogen-bond acceptors (Lipinski definition) is 4. The summed E-state index contributed by atoms with van der Waals surface area (Å²) >= 11 is 0. The lowest BCUT2D eigenvalue weighted by molar-refractivity contribution is 0.107. The first-order valence-corrected chi connectivity index (χ1v) is 7.44. The van der Waals surface area contributed by atoms with Crippen LogP contribution in [0.5, 0.6) is 11.5 Å². The zero-order chi connectivity index (χ0) is 14.2. The quantitative estimate of drug-likeness (QED) is 0.743. The molecule has 20 heavy (non-hydrogen) atoms. The van der Waals surface area contributed by atoms with Gasteiger partial charge in [-0.2, -0.15) is 0 Å². The molecule has 2 rings (SSSR count). The van der Waals surface area contributed by atoms with Crippen LogP contribution in [0, 0.1) is 0 Å². The third-order valence-electron chi connectivity index (χ3n) is 3.66. The number of ether oxygens (including phenoxy) is 3. The Morgan fingerprint density at radius 2 is 1.90 bits per heavy atom. The van der Waals surface area contributed by atoms with Crippen molar-refractivity contribution in [1.82, 2.24) is 5.32 Å². The van der Waals surface area contributed by atoms with Crippen molar-refractivity contribution in [2.75, 3.05) is 26.9 Å². The summed E-state index contributed by atoms with van der Waals surface area (Å²) in [6.07, 6.45) is 3.87. The van der Waals surface area contributed by atoms with Crippen molar-refractivity contribution in [3.63, 3.8) is 0 Å². The van der Waals surface area contributed by atoms with Crippen LogP contribution in [0.2, 0.25) is 0 Å². The molecule has 1 aromatic carbocycles. The van der Waals surface area contributed by atoms with Crippen LogP contribution in [0.4, 0.5) is 0 Å². The highest BCUT2D eigenvalue weighted by Crippen LogP contribution is 2.26. The van der Waals surface area contributed by atoms with Gasteiger partial charge < -0.3 is 19.5 Å². The second-order valence-electron chi connectivity index (χ2n) is 5.05. The monoisotopic (exact) mass is 279 g/mol. The number of benzene rings is 1. The molecule has 1 N–H and O–H groups in total. The van der Waals surface area contributed by atoms with Gasteiger partial charge >= 0.3 is 0 Å². The van der Waals surface area contributed by atoms with Crippen LogP contribution >= 0.6 is 0 Å². The minimum Gasteiger partial charge on any atom is -0.490 e. The summed E-state index contributed by atoms with van der Waals surface area (Å²) in [6.45, 7) is 4.13. The van der Waals surface area contributed by atoms with E-state index in [0.29, 0.717) is 25.4 Å². The highest BCUT2D eigenvalue weighted by atomic mass is 16.5. The van der Waals surface area contributed by atoms with Gasteiger partial charge in [-0.15, -0.1) is 0 Å². The molecule has 2 atom stereocenters. The molecule has 0 saturated heterocycles. The van der Waals surface area contributed by atoms with E-state index in [4.69, 9.17) is 14.2 Å². The molecule has 0 heterocycles. The topological polar surface area (TPSA) is 39.7 Å². The second kappa shape index (κ2) is 8.12. The van der Waals surface area contributed by atoms with Gasteiger partial charge in [-0.3, -0.25) is 0 Å². The van der Waals surface area contributed by atoms with Crippen molar-refractivity contribution < 1.29 is 14.2 Å². The molecule has 0 spiro atoms. The minimum atomic E-state index is 0.423. The SMILES string of the molecule is CCOc1ccccc1OCCNC1CCC(OC)C1. The molecule has 1 aliphatic rings. The Morgan fingerprint density at radius 3 is 2.55 bits per heavy atom. The fraction of sp³-hybridized carbons (Fsp3) is 0.625. The normalized spacial score (nSPS) is 21.9. The molecular weight excluding hydrogens is 254 g/mol. The van der Waals surface area contributed by atoms with Gasteiger partial charge in [0, 0.05) is 19.7 Å². The lowest BCUT2D eigenvalue weighted by atomic mass is 10.2. The maximum Gasteiger partial charge on any atom is 0.161 e. The molecular formula is C16H25NO3. The summed E-state index contributed by atoms with van der Waals surface area (Å²) in [5, 5.41) is 3.52. The van der Waals surface area contributed by atoms with Crippen LogP contribution in [-0.2, 0) is 4.74 Å². The Balaban J connectivity index is 1.68. The highest BCUT2D eigenvalue weighted by Gasteiger charge is 2.23. The Bertz CT molecular complexity index is 397. The molecule has 0 aliphatic heterocycles. The zero-order valence-corrected chi connectivity index (χ0v) is 12.4. The number of hydrogen-bond donors (Lipinski definition) is 1. The van der Waals surface area contributed by atoms with Crippen molar-refractivity contribution in [2.24, 2.45) is 0 Å². The molecule has 1 aliphatic carbocycles. The predicted octanol–water partition coefficient (Wildman–Crippen LogP) is 2.62. The molecule has 0 radical (unpaired) electrons. The Hall–Kier alpha value is -1.26. The molecule has 0 bridgehead atoms. The van der Waals surface area contributed by atoms with E-state index in [1.54, 1.807) is 7.11 Å². The maximum atomic E-state index is 5.78. The molecule has 0 amide bonds.